The maximum atomic E-state index is 13.3. The molecule has 4 amide bonds. The Kier molecular flexibility index (Phi) is 5.71. The van der Waals surface area contributed by atoms with Crippen LogP contribution in [-0.2, 0) is 25.0 Å². The lowest BCUT2D eigenvalue weighted by atomic mass is 9.85. The van der Waals surface area contributed by atoms with E-state index in [1.54, 1.807) is 31.2 Å². The number of carbonyl (C=O) groups is 3. The van der Waals surface area contributed by atoms with Gasteiger partial charge < -0.3 is 10.6 Å². The third-order valence-electron chi connectivity index (χ3n) is 5.59. The van der Waals surface area contributed by atoms with Crippen LogP contribution in [0.4, 0.5) is 4.79 Å². The fourth-order valence-corrected chi connectivity index (χ4v) is 6.17. The third kappa shape index (κ3) is 4.29. The molecular formula is C20H27N3O5S. The van der Waals surface area contributed by atoms with E-state index < -0.39 is 45.3 Å². The number of nitrogens with one attached hydrogen (secondary N) is 2. The molecule has 0 unspecified atom stereocenters. The Morgan fingerprint density at radius 2 is 1.93 bits per heavy atom. The average Bonchev–Trinajstić information content (AvgIpc) is 3.07. The van der Waals surface area contributed by atoms with Crippen LogP contribution in [0.5, 0.6) is 0 Å². The Morgan fingerprint density at radius 1 is 1.24 bits per heavy atom. The SMILES string of the molecule is CCCC[C@]1(c2ccccc2)NC(=O)N(CC(=O)N[C@]2(C)CCS(=O)(=O)C2)C1=O. The number of rotatable bonds is 7. The standard InChI is InChI=1S/C20H27N3O5S/c1-3-4-10-20(15-8-6-5-7-9-15)17(25)23(18(26)22-20)13-16(24)21-19(2)11-12-29(27,28)14-19/h5-9H,3-4,10-14H2,1-2H3,(H,21,24)(H,22,26)/t19-,20-/m1/s1. The molecule has 2 fully saturated rings. The highest BCUT2D eigenvalue weighted by atomic mass is 32.2. The zero-order valence-corrected chi connectivity index (χ0v) is 17.5. The molecule has 29 heavy (non-hydrogen) atoms. The summed E-state index contributed by atoms with van der Waals surface area (Å²) in [4.78, 5) is 39.3. The molecule has 1 aromatic rings. The van der Waals surface area contributed by atoms with Gasteiger partial charge in [-0.15, -0.1) is 0 Å². The minimum atomic E-state index is -3.19. The molecule has 2 aliphatic heterocycles. The van der Waals surface area contributed by atoms with Crippen molar-refractivity contribution in [2.24, 2.45) is 0 Å². The molecule has 8 nitrogen and oxygen atoms in total. The van der Waals surface area contributed by atoms with E-state index in [2.05, 4.69) is 10.6 Å². The topological polar surface area (TPSA) is 113 Å². The van der Waals surface area contributed by atoms with Crippen LogP contribution >= 0.6 is 0 Å². The molecule has 2 saturated heterocycles. The molecule has 0 spiro atoms. The third-order valence-corrected chi connectivity index (χ3v) is 7.50. The molecule has 3 rings (SSSR count). The van der Waals surface area contributed by atoms with E-state index in [0.717, 1.165) is 17.7 Å². The van der Waals surface area contributed by atoms with Crippen molar-refractivity contribution >= 4 is 27.7 Å². The van der Waals surface area contributed by atoms with E-state index >= 15 is 0 Å². The van der Waals surface area contributed by atoms with Crippen molar-refractivity contribution in [3.05, 3.63) is 35.9 Å². The van der Waals surface area contributed by atoms with Gasteiger partial charge in [0.1, 0.15) is 12.1 Å². The van der Waals surface area contributed by atoms with Crippen LogP contribution in [0.1, 0.15) is 45.1 Å². The van der Waals surface area contributed by atoms with Gasteiger partial charge in [0.05, 0.1) is 17.0 Å². The molecule has 2 heterocycles. The molecule has 0 aliphatic carbocycles. The monoisotopic (exact) mass is 421 g/mol. The lowest BCUT2D eigenvalue weighted by Crippen LogP contribution is -2.51. The first-order valence-corrected chi connectivity index (χ1v) is 11.6. The fraction of sp³-hybridized carbons (Fsp3) is 0.550. The minimum absolute atomic E-state index is 0.0149. The van der Waals surface area contributed by atoms with Crippen LogP contribution in [0, 0.1) is 0 Å². The van der Waals surface area contributed by atoms with E-state index in [1.807, 2.05) is 13.0 Å². The van der Waals surface area contributed by atoms with Crippen LogP contribution in [-0.4, -0.2) is 54.8 Å². The maximum Gasteiger partial charge on any atom is 0.325 e. The van der Waals surface area contributed by atoms with Crippen molar-refractivity contribution in [1.29, 1.82) is 0 Å². The molecule has 1 aromatic carbocycles. The van der Waals surface area contributed by atoms with Crippen molar-refractivity contribution in [1.82, 2.24) is 15.5 Å². The summed E-state index contributed by atoms with van der Waals surface area (Å²) in [6, 6.07) is 8.41. The first-order chi connectivity index (χ1) is 13.6. The van der Waals surface area contributed by atoms with Gasteiger partial charge in [-0.25, -0.2) is 13.2 Å². The van der Waals surface area contributed by atoms with E-state index in [4.69, 9.17) is 0 Å². The van der Waals surface area contributed by atoms with Crippen LogP contribution < -0.4 is 10.6 Å². The minimum Gasteiger partial charge on any atom is -0.348 e. The number of hydrogen-bond donors (Lipinski definition) is 2. The van der Waals surface area contributed by atoms with Crippen molar-refractivity contribution in [2.45, 2.75) is 50.6 Å². The van der Waals surface area contributed by atoms with Gasteiger partial charge in [-0.05, 0) is 25.3 Å². The van der Waals surface area contributed by atoms with Gasteiger partial charge in [-0.3, -0.25) is 14.5 Å². The molecule has 2 aliphatic rings. The van der Waals surface area contributed by atoms with Crippen LogP contribution in [0.15, 0.2) is 30.3 Å². The smallest absolute Gasteiger partial charge is 0.325 e. The summed E-state index contributed by atoms with van der Waals surface area (Å²) in [5.74, 6) is -1.13. The predicted molar refractivity (Wildman–Crippen MR) is 108 cm³/mol. The van der Waals surface area contributed by atoms with Crippen LogP contribution in [0.3, 0.4) is 0 Å². The summed E-state index contributed by atoms with van der Waals surface area (Å²) in [5, 5.41) is 5.50. The van der Waals surface area contributed by atoms with E-state index in [0.29, 0.717) is 18.4 Å². The highest BCUT2D eigenvalue weighted by Gasteiger charge is 2.52. The number of nitrogens with zero attached hydrogens (tertiary/aromatic N) is 1. The molecule has 0 saturated carbocycles. The first kappa shape index (κ1) is 21.3. The summed E-state index contributed by atoms with van der Waals surface area (Å²) in [6.45, 7) is 3.22. The molecule has 158 valence electrons. The number of urea groups is 1. The summed E-state index contributed by atoms with van der Waals surface area (Å²) in [5.41, 5.74) is -1.38. The van der Waals surface area contributed by atoms with Gasteiger partial charge in [-0.2, -0.15) is 0 Å². The summed E-state index contributed by atoms with van der Waals surface area (Å²) in [7, 11) is -3.19. The normalized spacial score (nSPS) is 28.4. The lowest BCUT2D eigenvalue weighted by Gasteiger charge is -2.28. The predicted octanol–water partition coefficient (Wildman–Crippen LogP) is 1.32. The Balaban J connectivity index is 1.78. The summed E-state index contributed by atoms with van der Waals surface area (Å²) >= 11 is 0. The second-order valence-electron chi connectivity index (χ2n) is 8.15. The van der Waals surface area contributed by atoms with Gasteiger partial charge in [0, 0.05) is 0 Å². The molecule has 0 aromatic heterocycles. The Morgan fingerprint density at radius 3 is 2.52 bits per heavy atom. The first-order valence-electron chi connectivity index (χ1n) is 9.82. The fourth-order valence-electron chi connectivity index (χ4n) is 4.07. The average molecular weight is 422 g/mol. The zero-order chi connectivity index (χ0) is 21.3. The van der Waals surface area contributed by atoms with E-state index in [-0.39, 0.29) is 11.5 Å². The number of carbonyl (C=O) groups excluding carboxylic acids is 3. The van der Waals surface area contributed by atoms with Crippen molar-refractivity contribution in [2.75, 3.05) is 18.1 Å². The number of hydrogen-bond acceptors (Lipinski definition) is 5. The van der Waals surface area contributed by atoms with Gasteiger partial charge >= 0.3 is 6.03 Å². The number of imide groups is 1. The van der Waals surface area contributed by atoms with Gasteiger partial charge in [0.15, 0.2) is 9.84 Å². The molecule has 2 atom stereocenters. The number of benzene rings is 1. The summed E-state index contributed by atoms with van der Waals surface area (Å²) < 4.78 is 23.5. The lowest BCUT2D eigenvalue weighted by molar-refractivity contribution is -0.136. The summed E-state index contributed by atoms with van der Waals surface area (Å²) in [6.07, 6.45) is 2.33. The van der Waals surface area contributed by atoms with Crippen molar-refractivity contribution in [3.63, 3.8) is 0 Å². The molecular weight excluding hydrogens is 394 g/mol. The second-order valence-corrected chi connectivity index (χ2v) is 10.3. The van der Waals surface area contributed by atoms with Crippen LogP contribution in [0.25, 0.3) is 0 Å². The number of sulfone groups is 1. The molecule has 2 N–H and O–H groups in total. The van der Waals surface area contributed by atoms with Gasteiger partial charge in [-0.1, -0.05) is 50.1 Å². The molecule has 9 heteroatoms. The van der Waals surface area contributed by atoms with Gasteiger partial charge in [0.2, 0.25) is 5.91 Å². The number of amides is 4. The van der Waals surface area contributed by atoms with Crippen molar-refractivity contribution < 1.29 is 22.8 Å². The molecule has 0 bridgehead atoms. The number of unbranched alkanes of at least 4 members (excludes halogenated alkanes) is 1. The van der Waals surface area contributed by atoms with Crippen LogP contribution in [0.2, 0.25) is 0 Å². The van der Waals surface area contributed by atoms with Crippen molar-refractivity contribution in [3.8, 4) is 0 Å². The zero-order valence-electron chi connectivity index (χ0n) is 16.7. The highest BCUT2D eigenvalue weighted by molar-refractivity contribution is 7.91. The maximum absolute atomic E-state index is 13.3. The van der Waals surface area contributed by atoms with E-state index in [1.165, 1.54) is 0 Å². The Bertz CT molecular complexity index is 917. The quantitative estimate of drug-likeness (QED) is 0.645. The molecule has 0 radical (unpaired) electrons. The second kappa shape index (κ2) is 7.78. The van der Waals surface area contributed by atoms with E-state index in [9.17, 15) is 22.8 Å². The Hall–Kier alpha value is -2.42. The van der Waals surface area contributed by atoms with Gasteiger partial charge in [0.25, 0.3) is 5.91 Å². The highest BCUT2D eigenvalue weighted by Crippen LogP contribution is 2.34. The Labute approximate surface area is 170 Å². The largest absolute Gasteiger partial charge is 0.348 e.